The van der Waals surface area contributed by atoms with Crippen molar-refractivity contribution in [2.24, 2.45) is 0 Å². The summed E-state index contributed by atoms with van der Waals surface area (Å²) in [7, 11) is 0. The van der Waals surface area contributed by atoms with E-state index in [4.69, 9.17) is 19.8 Å². The highest BCUT2D eigenvalue weighted by molar-refractivity contribution is 6.04. The Hall–Kier alpha value is -4.84. The second-order valence-corrected chi connectivity index (χ2v) is 10.0. The number of benzene rings is 2. The minimum absolute atomic E-state index is 0.233. The van der Waals surface area contributed by atoms with E-state index in [9.17, 15) is 4.79 Å². The fourth-order valence-corrected chi connectivity index (χ4v) is 3.97. The molecule has 4 aromatic rings. The Morgan fingerprint density at radius 1 is 1.13 bits per heavy atom. The molecule has 0 atom stereocenters. The zero-order chi connectivity index (χ0) is 26.9. The van der Waals surface area contributed by atoms with Gasteiger partial charge < -0.3 is 20.1 Å². The molecule has 38 heavy (non-hydrogen) atoms. The lowest BCUT2D eigenvalue weighted by molar-refractivity contribution is 0.102. The van der Waals surface area contributed by atoms with Gasteiger partial charge in [-0.3, -0.25) is 4.79 Å². The summed E-state index contributed by atoms with van der Waals surface area (Å²) in [6, 6.07) is 18.1. The predicted octanol–water partition coefficient (Wildman–Crippen LogP) is 5.59. The van der Waals surface area contributed by atoms with Gasteiger partial charge in [-0.15, -0.1) is 0 Å². The summed E-state index contributed by atoms with van der Waals surface area (Å²) in [6.45, 7) is 9.29. The van der Waals surface area contributed by atoms with Crippen LogP contribution in [0.15, 0.2) is 60.8 Å². The van der Waals surface area contributed by atoms with Crippen molar-refractivity contribution in [1.29, 1.82) is 5.26 Å². The van der Waals surface area contributed by atoms with Gasteiger partial charge in [0, 0.05) is 29.3 Å². The summed E-state index contributed by atoms with van der Waals surface area (Å²) < 4.78 is 13.6. The summed E-state index contributed by atoms with van der Waals surface area (Å²) in [5.41, 5.74) is 3.17. The van der Waals surface area contributed by atoms with Crippen LogP contribution in [0, 0.1) is 18.3 Å². The maximum atomic E-state index is 13.4. The third-order valence-corrected chi connectivity index (χ3v) is 6.14. The van der Waals surface area contributed by atoms with Crippen LogP contribution in [-0.4, -0.2) is 33.8 Å². The summed E-state index contributed by atoms with van der Waals surface area (Å²) in [4.78, 5) is 17.7. The normalized spacial score (nSPS) is 12.5. The van der Waals surface area contributed by atoms with Crippen LogP contribution in [0.1, 0.15) is 48.0 Å². The minimum Gasteiger partial charge on any atom is -0.485 e. The van der Waals surface area contributed by atoms with Gasteiger partial charge in [0.1, 0.15) is 18.2 Å². The Bertz CT molecular complexity index is 1540. The van der Waals surface area contributed by atoms with E-state index >= 15 is 0 Å². The monoisotopic (exact) mass is 508 g/mol. The first-order chi connectivity index (χ1) is 18.2. The first-order valence-corrected chi connectivity index (χ1v) is 12.3. The van der Waals surface area contributed by atoms with Crippen molar-refractivity contribution < 1.29 is 14.3 Å². The molecule has 1 aliphatic rings. The van der Waals surface area contributed by atoms with Gasteiger partial charge in [-0.2, -0.15) is 10.4 Å². The Kier molecular flexibility index (Phi) is 6.47. The maximum absolute atomic E-state index is 13.4. The molecule has 0 spiro atoms. The summed E-state index contributed by atoms with van der Waals surface area (Å²) >= 11 is 0. The van der Waals surface area contributed by atoms with Crippen molar-refractivity contribution >= 4 is 17.5 Å². The number of aryl methyl sites for hydroxylation is 1. The number of ether oxygens (including phenoxy) is 2. The van der Waals surface area contributed by atoms with E-state index in [2.05, 4.69) is 42.5 Å². The fraction of sp³-hybridized carbons (Fsp3) is 0.241. The van der Waals surface area contributed by atoms with Gasteiger partial charge in [-0.05, 0) is 48.9 Å². The van der Waals surface area contributed by atoms with Crippen LogP contribution in [0.2, 0.25) is 0 Å². The molecule has 0 bridgehead atoms. The highest BCUT2D eigenvalue weighted by Crippen LogP contribution is 2.39. The van der Waals surface area contributed by atoms with E-state index in [-0.39, 0.29) is 11.3 Å². The van der Waals surface area contributed by atoms with E-state index in [1.54, 1.807) is 53.3 Å². The molecule has 2 aromatic heterocycles. The van der Waals surface area contributed by atoms with Crippen molar-refractivity contribution in [1.82, 2.24) is 14.8 Å². The smallest absolute Gasteiger partial charge is 0.256 e. The Morgan fingerprint density at radius 2 is 1.92 bits per heavy atom. The largest absolute Gasteiger partial charge is 0.485 e. The molecule has 2 aromatic carbocycles. The minimum atomic E-state index is -0.306. The van der Waals surface area contributed by atoms with Gasteiger partial charge in [0.05, 0.1) is 29.6 Å². The summed E-state index contributed by atoms with van der Waals surface area (Å²) in [6.07, 6.45) is 1.65. The third kappa shape index (κ3) is 5.02. The molecule has 2 N–H and O–H groups in total. The molecule has 9 nitrogen and oxygen atoms in total. The third-order valence-electron chi connectivity index (χ3n) is 6.14. The number of pyridine rings is 1. The molecule has 1 aliphatic heterocycles. The molecular weight excluding hydrogens is 480 g/mol. The van der Waals surface area contributed by atoms with E-state index < -0.39 is 0 Å². The number of nitriles is 1. The zero-order valence-electron chi connectivity index (χ0n) is 21.7. The van der Waals surface area contributed by atoms with Crippen molar-refractivity contribution in [2.45, 2.75) is 33.1 Å². The summed E-state index contributed by atoms with van der Waals surface area (Å²) in [5.74, 6) is 2.46. The van der Waals surface area contributed by atoms with Crippen LogP contribution in [0.3, 0.4) is 0 Å². The van der Waals surface area contributed by atoms with Gasteiger partial charge in [-0.1, -0.05) is 26.8 Å². The number of hydrogen-bond donors (Lipinski definition) is 2. The standard InChI is InChI=1S/C29H28N6O3/c1-18-5-8-20(15-23(18)38-22-11-12-31-27-26(22)37-14-13-32-27)28(36)33-25-16-24(29(2,3)4)34-35(25)21-9-6-19(17-30)7-10-21/h5-12,15-16H,13-14H2,1-4H3,(H,31,32)(H,33,36). The quantitative estimate of drug-likeness (QED) is 0.361. The molecule has 192 valence electrons. The Morgan fingerprint density at radius 3 is 2.66 bits per heavy atom. The van der Waals surface area contributed by atoms with Crippen molar-refractivity contribution in [3.05, 3.63) is 83.2 Å². The van der Waals surface area contributed by atoms with Crippen LogP contribution in [0.4, 0.5) is 11.6 Å². The molecule has 0 unspecified atom stereocenters. The number of anilines is 2. The molecular formula is C29H28N6O3. The van der Waals surface area contributed by atoms with Crippen LogP contribution in [0.25, 0.3) is 5.69 Å². The van der Waals surface area contributed by atoms with Gasteiger partial charge >= 0.3 is 0 Å². The lowest BCUT2D eigenvalue weighted by atomic mass is 9.92. The number of nitrogens with one attached hydrogen (secondary N) is 2. The number of carbonyl (C=O) groups is 1. The molecule has 0 fully saturated rings. The summed E-state index contributed by atoms with van der Waals surface area (Å²) in [5, 5.41) is 20.1. The lowest BCUT2D eigenvalue weighted by Crippen LogP contribution is -2.19. The zero-order valence-corrected chi connectivity index (χ0v) is 21.7. The van der Waals surface area contributed by atoms with E-state index in [0.717, 1.165) is 16.9 Å². The van der Waals surface area contributed by atoms with Gasteiger partial charge in [-0.25, -0.2) is 9.67 Å². The van der Waals surface area contributed by atoms with Crippen molar-refractivity contribution in [3.63, 3.8) is 0 Å². The second-order valence-electron chi connectivity index (χ2n) is 10.0. The number of hydrogen-bond acceptors (Lipinski definition) is 7. The topological polar surface area (TPSA) is 114 Å². The average molecular weight is 509 g/mol. The molecule has 1 amide bonds. The maximum Gasteiger partial charge on any atom is 0.256 e. The highest BCUT2D eigenvalue weighted by atomic mass is 16.5. The second kappa shape index (κ2) is 9.90. The number of amides is 1. The molecule has 0 radical (unpaired) electrons. The molecule has 0 saturated carbocycles. The van der Waals surface area contributed by atoms with Gasteiger partial charge in [0.15, 0.2) is 11.6 Å². The van der Waals surface area contributed by atoms with Crippen LogP contribution < -0.4 is 20.1 Å². The van der Waals surface area contributed by atoms with Crippen LogP contribution >= 0.6 is 0 Å². The van der Waals surface area contributed by atoms with E-state index in [1.165, 1.54) is 0 Å². The number of aromatic nitrogens is 3. The van der Waals surface area contributed by atoms with Crippen molar-refractivity contribution in [2.75, 3.05) is 23.8 Å². The SMILES string of the molecule is Cc1ccc(C(=O)Nc2cc(C(C)(C)C)nn2-c2ccc(C#N)cc2)cc1Oc1ccnc2c1OCCN2. The van der Waals surface area contributed by atoms with Crippen LogP contribution in [-0.2, 0) is 5.41 Å². The van der Waals surface area contributed by atoms with Gasteiger partial charge in [0.25, 0.3) is 5.91 Å². The first-order valence-electron chi connectivity index (χ1n) is 12.3. The Labute approximate surface area is 221 Å². The molecule has 0 saturated heterocycles. The Balaban J connectivity index is 1.44. The van der Waals surface area contributed by atoms with Crippen molar-refractivity contribution in [3.8, 4) is 29.0 Å². The number of carbonyl (C=O) groups excluding carboxylic acids is 1. The predicted molar refractivity (Wildman–Crippen MR) is 144 cm³/mol. The lowest BCUT2D eigenvalue weighted by Gasteiger charge is -2.21. The van der Waals surface area contributed by atoms with Crippen LogP contribution in [0.5, 0.6) is 17.2 Å². The van der Waals surface area contributed by atoms with E-state index in [1.807, 2.05) is 19.1 Å². The molecule has 5 rings (SSSR count). The fourth-order valence-electron chi connectivity index (χ4n) is 3.97. The average Bonchev–Trinajstić information content (AvgIpc) is 3.34. The number of fused-ring (bicyclic) bond motifs is 1. The first kappa shape index (κ1) is 24.8. The van der Waals surface area contributed by atoms with E-state index in [0.29, 0.717) is 53.2 Å². The molecule has 3 heterocycles. The molecule has 9 heteroatoms. The number of nitrogens with zero attached hydrogens (tertiary/aromatic N) is 4. The van der Waals surface area contributed by atoms with Gasteiger partial charge in [0.2, 0.25) is 5.75 Å². The number of rotatable bonds is 5. The molecule has 0 aliphatic carbocycles. The highest BCUT2D eigenvalue weighted by Gasteiger charge is 2.23.